The lowest BCUT2D eigenvalue weighted by Crippen LogP contribution is -2.12. The summed E-state index contributed by atoms with van der Waals surface area (Å²) in [7, 11) is 0. The van der Waals surface area contributed by atoms with Gasteiger partial charge in [-0.3, -0.25) is 4.98 Å². The van der Waals surface area contributed by atoms with E-state index in [0.717, 1.165) is 16.8 Å². The molecule has 0 bridgehead atoms. The van der Waals surface area contributed by atoms with Crippen molar-refractivity contribution in [2.24, 2.45) is 5.73 Å². The third-order valence-electron chi connectivity index (χ3n) is 2.52. The van der Waals surface area contributed by atoms with Crippen LogP contribution in [0.1, 0.15) is 22.9 Å². The van der Waals surface area contributed by atoms with Gasteiger partial charge in [0.2, 0.25) is 0 Å². The summed E-state index contributed by atoms with van der Waals surface area (Å²) < 4.78 is 0. The second-order valence-corrected chi connectivity index (χ2v) is 4.14. The molecule has 1 heterocycles. The lowest BCUT2D eigenvalue weighted by atomic mass is 10.00. The standard InChI is InChI=1S/C13H13ClN2/c1-9-8-10(6-7-16-9)13(15)11-4-2-3-5-12(11)14/h2-8,13H,15H2,1H3. The van der Waals surface area contributed by atoms with E-state index in [1.54, 1.807) is 6.20 Å². The van der Waals surface area contributed by atoms with E-state index in [-0.39, 0.29) is 6.04 Å². The molecule has 2 nitrogen and oxygen atoms in total. The Morgan fingerprint density at radius 3 is 2.69 bits per heavy atom. The van der Waals surface area contributed by atoms with E-state index < -0.39 is 0 Å². The molecule has 82 valence electrons. The number of hydrogen-bond donors (Lipinski definition) is 1. The van der Waals surface area contributed by atoms with Crippen LogP contribution < -0.4 is 5.73 Å². The summed E-state index contributed by atoms with van der Waals surface area (Å²) in [6.45, 7) is 1.95. The van der Waals surface area contributed by atoms with E-state index in [2.05, 4.69) is 4.98 Å². The Balaban J connectivity index is 2.39. The van der Waals surface area contributed by atoms with Gasteiger partial charge in [-0.25, -0.2) is 0 Å². The molecule has 3 heteroatoms. The van der Waals surface area contributed by atoms with Gasteiger partial charge in [0.1, 0.15) is 0 Å². The highest BCUT2D eigenvalue weighted by atomic mass is 35.5. The minimum Gasteiger partial charge on any atom is -0.320 e. The Morgan fingerprint density at radius 1 is 1.25 bits per heavy atom. The molecule has 0 aliphatic rings. The first kappa shape index (κ1) is 11.1. The third-order valence-corrected chi connectivity index (χ3v) is 2.86. The Hall–Kier alpha value is -1.38. The SMILES string of the molecule is Cc1cc(C(N)c2ccccc2Cl)ccn1. The maximum absolute atomic E-state index is 6.17. The number of halogens is 1. The minimum absolute atomic E-state index is 0.199. The van der Waals surface area contributed by atoms with Gasteiger partial charge in [-0.2, -0.15) is 0 Å². The number of hydrogen-bond acceptors (Lipinski definition) is 2. The molecule has 0 aliphatic heterocycles. The van der Waals surface area contributed by atoms with Crippen molar-refractivity contribution in [2.75, 3.05) is 0 Å². The molecule has 2 rings (SSSR count). The van der Waals surface area contributed by atoms with Gasteiger partial charge >= 0.3 is 0 Å². The zero-order valence-corrected chi connectivity index (χ0v) is 9.78. The number of benzene rings is 1. The van der Waals surface area contributed by atoms with Gasteiger partial charge in [-0.05, 0) is 36.2 Å². The van der Waals surface area contributed by atoms with E-state index in [1.165, 1.54) is 0 Å². The third kappa shape index (κ3) is 2.23. The molecule has 0 amide bonds. The average molecular weight is 233 g/mol. The van der Waals surface area contributed by atoms with Crippen molar-refractivity contribution in [1.82, 2.24) is 4.98 Å². The number of rotatable bonds is 2. The molecule has 2 aromatic rings. The number of aryl methyl sites for hydroxylation is 1. The summed E-state index contributed by atoms with van der Waals surface area (Å²) in [5, 5.41) is 0.699. The van der Waals surface area contributed by atoms with Gasteiger partial charge < -0.3 is 5.73 Å². The molecule has 16 heavy (non-hydrogen) atoms. The number of nitrogens with zero attached hydrogens (tertiary/aromatic N) is 1. The van der Waals surface area contributed by atoms with Crippen molar-refractivity contribution in [2.45, 2.75) is 13.0 Å². The smallest absolute Gasteiger partial charge is 0.0567 e. The molecule has 0 fully saturated rings. The Morgan fingerprint density at radius 2 is 2.00 bits per heavy atom. The summed E-state index contributed by atoms with van der Waals surface area (Å²) in [5.41, 5.74) is 9.10. The predicted octanol–water partition coefficient (Wildman–Crippen LogP) is 3.09. The molecule has 1 unspecified atom stereocenters. The summed E-state index contributed by atoms with van der Waals surface area (Å²) in [6, 6.07) is 11.3. The van der Waals surface area contributed by atoms with Crippen LogP contribution in [0.5, 0.6) is 0 Å². The fourth-order valence-corrected chi connectivity index (χ4v) is 1.92. The van der Waals surface area contributed by atoms with Crippen molar-refractivity contribution in [3.63, 3.8) is 0 Å². The van der Waals surface area contributed by atoms with Crippen LogP contribution in [0.2, 0.25) is 5.02 Å². The van der Waals surface area contributed by atoms with Crippen LogP contribution in [-0.4, -0.2) is 4.98 Å². The highest BCUT2D eigenvalue weighted by molar-refractivity contribution is 6.31. The van der Waals surface area contributed by atoms with Gasteiger partial charge in [-0.15, -0.1) is 0 Å². The fourth-order valence-electron chi connectivity index (χ4n) is 1.67. The summed E-state index contributed by atoms with van der Waals surface area (Å²) >= 11 is 6.11. The first-order chi connectivity index (χ1) is 7.68. The van der Waals surface area contributed by atoms with Gasteiger partial charge in [0, 0.05) is 16.9 Å². The van der Waals surface area contributed by atoms with E-state index in [9.17, 15) is 0 Å². The van der Waals surface area contributed by atoms with Crippen LogP contribution in [0.4, 0.5) is 0 Å². The monoisotopic (exact) mass is 232 g/mol. The first-order valence-electron chi connectivity index (χ1n) is 5.11. The molecular weight excluding hydrogens is 220 g/mol. The topological polar surface area (TPSA) is 38.9 Å². The van der Waals surface area contributed by atoms with Crippen LogP contribution >= 0.6 is 11.6 Å². The van der Waals surface area contributed by atoms with Crippen LogP contribution in [-0.2, 0) is 0 Å². The maximum Gasteiger partial charge on any atom is 0.0567 e. The van der Waals surface area contributed by atoms with Crippen molar-refractivity contribution in [1.29, 1.82) is 0 Å². The number of aromatic nitrogens is 1. The maximum atomic E-state index is 6.17. The second kappa shape index (κ2) is 4.64. The highest BCUT2D eigenvalue weighted by Crippen LogP contribution is 2.25. The van der Waals surface area contributed by atoms with Crippen molar-refractivity contribution in [3.05, 3.63) is 64.4 Å². The van der Waals surface area contributed by atoms with Gasteiger partial charge in [0.25, 0.3) is 0 Å². The molecule has 0 saturated carbocycles. The molecule has 1 atom stereocenters. The first-order valence-corrected chi connectivity index (χ1v) is 5.49. The molecule has 0 aliphatic carbocycles. The van der Waals surface area contributed by atoms with Crippen LogP contribution in [0.25, 0.3) is 0 Å². The fraction of sp³-hybridized carbons (Fsp3) is 0.154. The molecule has 1 aromatic heterocycles. The molecular formula is C13H13ClN2. The zero-order valence-electron chi connectivity index (χ0n) is 9.02. The largest absolute Gasteiger partial charge is 0.320 e. The Kier molecular flexibility index (Phi) is 3.22. The summed E-state index contributed by atoms with van der Waals surface area (Å²) in [6.07, 6.45) is 1.77. The summed E-state index contributed by atoms with van der Waals surface area (Å²) in [5.74, 6) is 0. The van der Waals surface area contributed by atoms with E-state index in [0.29, 0.717) is 5.02 Å². The van der Waals surface area contributed by atoms with Gasteiger partial charge in [0.15, 0.2) is 0 Å². The van der Waals surface area contributed by atoms with Crippen molar-refractivity contribution >= 4 is 11.6 Å². The van der Waals surface area contributed by atoms with E-state index in [4.69, 9.17) is 17.3 Å². The Labute approximate surface area is 100 Å². The van der Waals surface area contributed by atoms with E-state index >= 15 is 0 Å². The van der Waals surface area contributed by atoms with Gasteiger partial charge in [-0.1, -0.05) is 29.8 Å². The molecule has 0 saturated heterocycles. The normalized spacial score (nSPS) is 12.4. The lowest BCUT2D eigenvalue weighted by Gasteiger charge is -2.14. The van der Waals surface area contributed by atoms with Crippen LogP contribution in [0.15, 0.2) is 42.6 Å². The number of pyridine rings is 1. The van der Waals surface area contributed by atoms with Gasteiger partial charge in [0.05, 0.1) is 6.04 Å². The Bertz CT molecular complexity index is 497. The molecule has 0 radical (unpaired) electrons. The second-order valence-electron chi connectivity index (χ2n) is 3.73. The average Bonchev–Trinajstić information content (AvgIpc) is 2.29. The molecule has 1 aromatic carbocycles. The summed E-state index contributed by atoms with van der Waals surface area (Å²) in [4.78, 5) is 4.15. The van der Waals surface area contributed by atoms with Crippen LogP contribution in [0.3, 0.4) is 0 Å². The molecule has 2 N–H and O–H groups in total. The highest BCUT2D eigenvalue weighted by Gasteiger charge is 2.11. The van der Waals surface area contributed by atoms with Crippen molar-refractivity contribution < 1.29 is 0 Å². The predicted molar refractivity (Wildman–Crippen MR) is 66.5 cm³/mol. The van der Waals surface area contributed by atoms with Crippen LogP contribution in [0, 0.1) is 6.92 Å². The zero-order chi connectivity index (χ0) is 11.5. The number of nitrogens with two attached hydrogens (primary N) is 1. The van der Waals surface area contributed by atoms with Crippen molar-refractivity contribution in [3.8, 4) is 0 Å². The molecule has 0 spiro atoms. The minimum atomic E-state index is -0.199. The quantitative estimate of drug-likeness (QED) is 0.864. The lowest BCUT2D eigenvalue weighted by molar-refractivity contribution is 0.864. The van der Waals surface area contributed by atoms with E-state index in [1.807, 2.05) is 43.3 Å².